The minimum Gasteiger partial charge on any atom is -0.507 e. The summed E-state index contributed by atoms with van der Waals surface area (Å²) in [6.07, 6.45) is 0.767. The zero-order chi connectivity index (χ0) is 24.6. The molecule has 0 saturated carbocycles. The van der Waals surface area contributed by atoms with Gasteiger partial charge in [0.25, 0.3) is 11.7 Å². The van der Waals surface area contributed by atoms with Crippen LogP contribution in [0.3, 0.4) is 0 Å². The van der Waals surface area contributed by atoms with Gasteiger partial charge in [0.15, 0.2) is 11.5 Å². The Morgan fingerprint density at radius 2 is 1.85 bits per heavy atom. The Kier molecular flexibility index (Phi) is 6.52. The van der Waals surface area contributed by atoms with Gasteiger partial charge in [0.05, 0.1) is 25.8 Å². The maximum absolute atomic E-state index is 13.2. The van der Waals surface area contributed by atoms with E-state index >= 15 is 0 Å². The predicted molar refractivity (Wildman–Crippen MR) is 127 cm³/mol. The Balaban J connectivity index is 1.84. The Hall–Kier alpha value is -3.52. The van der Waals surface area contributed by atoms with E-state index in [4.69, 9.17) is 14.2 Å². The number of likely N-dealkylation sites (N-methyl/N-ethyl adjacent to an activating group) is 1. The van der Waals surface area contributed by atoms with Gasteiger partial charge in [-0.15, -0.1) is 0 Å². The SMILES string of the molecule is COc1ccc(C2/C(=C(\O)c3ccc4c(c3)CC(C)O4)C(=O)C(=O)N2CCN(C)C)cc1OC. The van der Waals surface area contributed by atoms with Crippen LogP contribution < -0.4 is 14.2 Å². The largest absolute Gasteiger partial charge is 0.507 e. The third kappa shape index (κ3) is 4.21. The molecule has 2 unspecified atom stereocenters. The Labute approximate surface area is 199 Å². The minimum atomic E-state index is -0.761. The molecule has 2 aromatic carbocycles. The number of likely N-dealkylation sites (tertiary alicyclic amines) is 1. The first-order chi connectivity index (χ1) is 16.2. The number of aliphatic hydroxyl groups is 1. The van der Waals surface area contributed by atoms with E-state index < -0.39 is 17.7 Å². The molecule has 8 heteroatoms. The molecule has 4 rings (SSSR count). The number of aliphatic hydroxyl groups excluding tert-OH is 1. The van der Waals surface area contributed by atoms with E-state index in [-0.39, 0.29) is 17.4 Å². The quantitative estimate of drug-likeness (QED) is 0.381. The average molecular weight is 467 g/mol. The highest BCUT2D eigenvalue weighted by Crippen LogP contribution is 2.42. The lowest BCUT2D eigenvalue weighted by molar-refractivity contribution is -0.140. The zero-order valence-electron chi connectivity index (χ0n) is 20.1. The fraction of sp³-hybridized carbons (Fsp3) is 0.385. The molecular formula is C26H30N2O6. The molecular weight excluding hydrogens is 436 g/mol. The number of Topliss-reactive ketones (excluding diaryl/α,β-unsaturated/α-hetero) is 1. The summed E-state index contributed by atoms with van der Waals surface area (Å²) in [4.78, 5) is 29.8. The van der Waals surface area contributed by atoms with Crippen molar-refractivity contribution >= 4 is 17.4 Å². The maximum atomic E-state index is 13.2. The van der Waals surface area contributed by atoms with Gasteiger partial charge in [-0.2, -0.15) is 0 Å². The number of hydrogen-bond acceptors (Lipinski definition) is 7. The smallest absolute Gasteiger partial charge is 0.295 e. The molecule has 2 aliphatic rings. The first-order valence-electron chi connectivity index (χ1n) is 11.2. The first kappa shape index (κ1) is 23.6. The highest BCUT2D eigenvalue weighted by molar-refractivity contribution is 6.46. The lowest BCUT2D eigenvalue weighted by Gasteiger charge is -2.27. The van der Waals surface area contributed by atoms with Gasteiger partial charge in [-0.1, -0.05) is 6.07 Å². The monoisotopic (exact) mass is 466 g/mol. The minimum absolute atomic E-state index is 0.0516. The first-order valence-corrected chi connectivity index (χ1v) is 11.2. The van der Waals surface area contributed by atoms with Crippen molar-refractivity contribution in [3.05, 3.63) is 58.7 Å². The Bertz CT molecular complexity index is 1160. The molecule has 2 atom stereocenters. The van der Waals surface area contributed by atoms with Crippen LogP contribution in [0.5, 0.6) is 17.2 Å². The molecule has 0 aromatic heterocycles. The van der Waals surface area contributed by atoms with Crippen molar-refractivity contribution in [3.8, 4) is 17.2 Å². The lowest BCUT2D eigenvalue weighted by Crippen LogP contribution is -2.35. The molecule has 1 amide bonds. The number of ether oxygens (including phenoxy) is 3. The zero-order valence-corrected chi connectivity index (χ0v) is 20.1. The molecule has 2 aliphatic heterocycles. The fourth-order valence-corrected chi connectivity index (χ4v) is 4.51. The molecule has 2 aromatic rings. The number of rotatable bonds is 7. The normalized spacial score (nSPS) is 21.1. The molecule has 0 aliphatic carbocycles. The number of hydrogen-bond donors (Lipinski definition) is 1. The topological polar surface area (TPSA) is 88.5 Å². The van der Waals surface area contributed by atoms with E-state index in [0.29, 0.717) is 42.1 Å². The molecule has 0 radical (unpaired) electrons. The summed E-state index contributed by atoms with van der Waals surface area (Å²) in [5.41, 5.74) is 2.15. The van der Waals surface area contributed by atoms with Gasteiger partial charge in [-0.3, -0.25) is 9.59 Å². The molecule has 8 nitrogen and oxygen atoms in total. The molecule has 1 fully saturated rings. The van der Waals surface area contributed by atoms with E-state index in [0.717, 1.165) is 11.3 Å². The number of nitrogens with zero attached hydrogens (tertiary/aromatic N) is 2. The number of amides is 1. The van der Waals surface area contributed by atoms with Crippen LogP contribution in [0.15, 0.2) is 42.0 Å². The van der Waals surface area contributed by atoms with Crippen molar-refractivity contribution < 1.29 is 28.9 Å². The standard InChI is InChI=1S/C26H30N2O6/c1-15-12-18-13-17(7-8-19(18)34-15)24(29)22-23(16-6-9-20(32-4)21(14-16)33-5)28(11-10-27(2)3)26(31)25(22)30/h6-9,13-15,23,29H,10-12H2,1-5H3/b24-22+. The second-order valence-corrected chi connectivity index (χ2v) is 8.87. The third-order valence-corrected chi connectivity index (χ3v) is 6.22. The summed E-state index contributed by atoms with van der Waals surface area (Å²) >= 11 is 0. The fourth-order valence-electron chi connectivity index (χ4n) is 4.51. The van der Waals surface area contributed by atoms with Crippen LogP contribution >= 0.6 is 0 Å². The second-order valence-electron chi connectivity index (χ2n) is 8.87. The molecule has 0 bridgehead atoms. The van der Waals surface area contributed by atoms with Gasteiger partial charge in [-0.05, 0) is 62.5 Å². The van der Waals surface area contributed by atoms with E-state index in [2.05, 4.69) is 0 Å². The summed E-state index contributed by atoms with van der Waals surface area (Å²) in [6.45, 7) is 2.86. The van der Waals surface area contributed by atoms with Crippen LogP contribution in [0.25, 0.3) is 5.76 Å². The van der Waals surface area contributed by atoms with Crippen LogP contribution in [0.2, 0.25) is 0 Å². The average Bonchev–Trinajstić information content (AvgIpc) is 3.32. The van der Waals surface area contributed by atoms with Gasteiger partial charge in [0, 0.05) is 25.1 Å². The molecule has 2 heterocycles. The summed E-state index contributed by atoms with van der Waals surface area (Å²) < 4.78 is 16.6. The van der Waals surface area contributed by atoms with Gasteiger partial charge >= 0.3 is 0 Å². The lowest BCUT2D eigenvalue weighted by atomic mass is 9.94. The summed E-state index contributed by atoms with van der Waals surface area (Å²) in [5, 5.41) is 11.3. The number of benzene rings is 2. The molecule has 1 N–H and O–H groups in total. The molecule has 34 heavy (non-hydrogen) atoms. The summed E-state index contributed by atoms with van der Waals surface area (Å²) in [5.74, 6) is 0.230. The Morgan fingerprint density at radius 3 is 2.53 bits per heavy atom. The number of ketones is 1. The van der Waals surface area contributed by atoms with Crippen LogP contribution in [0.1, 0.15) is 29.7 Å². The number of methoxy groups -OCH3 is 2. The van der Waals surface area contributed by atoms with Crippen LogP contribution in [0, 0.1) is 0 Å². The van der Waals surface area contributed by atoms with Gasteiger partial charge in [-0.25, -0.2) is 0 Å². The van der Waals surface area contributed by atoms with Crippen molar-refractivity contribution in [1.29, 1.82) is 0 Å². The summed E-state index contributed by atoms with van der Waals surface area (Å²) in [7, 11) is 6.86. The van der Waals surface area contributed by atoms with Crippen molar-refractivity contribution in [2.45, 2.75) is 25.5 Å². The van der Waals surface area contributed by atoms with Crippen molar-refractivity contribution in [2.75, 3.05) is 41.4 Å². The van der Waals surface area contributed by atoms with Gasteiger partial charge in [0.1, 0.15) is 17.6 Å². The number of fused-ring (bicyclic) bond motifs is 1. The molecule has 0 spiro atoms. The van der Waals surface area contributed by atoms with Crippen LogP contribution in [0.4, 0.5) is 0 Å². The molecule has 1 saturated heterocycles. The van der Waals surface area contributed by atoms with Crippen molar-refractivity contribution in [1.82, 2.24) is 9.80 Å². The van der Waals surface area contributed by atoms with Crippen molar-refractivity contribution in [2.24, 2.45) is 0 Å². The van der Waals surface area contributed by atoms with Gasteiger partial charge < -0.3 is 29.1 Å². The van der Waals surface area contributed by atoms with E-state index in [9.17, 15) is 14.7 Å². The second kappa shape index (κ2) is 9.38. The van der Waals surface area contributed by atoms with E-state index in [1.807, 2.05) is 32.0 Å². The third-order valence-electron chi connectivity index (χ3n) is 6.22. The van der Waals surface area contributed by atoms with E-state index in [1.165, 1.54) is 12.0 Å². The highest BCUT2D eigenvalue weighted by Gasteiger charge is 2.46. The van der Waals surface area contributed by atoms with Crippen LogP contribution in [-0.4, -0.2) is 74.1 Å². The van der Waals surface area contributed by atoms with E-state index in [1.54, 1.807) is 37.4 Å². The summed E-state index contributed by atoms with van der Waals surface area (Å²) in [6, 6.07) is 9.83. The number of carbonyl (C=O) groups is 2. The highest BCUT2D eigenvalue weighted by atomic mass is 16.5. The molecule has 180 valence electrons. The van der Waals surface area contributed by atoms with Gasteiger partial charge in [0.2, 0.25) is 0 Å². The number of carbonyl (C=O) groups excluding carboxylic acids is 2. The van der Waals surface area contributed by atoms with Crippen LogP contribution in [-0.2, 0) is 16.0 Å². The predicted octanol–water partition coefficient (Wildman–Crippen LogP) is 3.01. The van der Waals surface area contributed by atoms with Crippen molar-refractivity contribution in [3.63, 3.8) is 0 Å². The maximum Gasteiger partial charge on any atom is 0.295 e. The Morgan fingerprint density at radius 1 is 1.12 bits per heavy atom.